The van der Waals surface area contributed by atoms with Crippen molar-refractivity contribution in [1.82, 2.24) is 9.97 Å². The van der Waals surface area contributed by atoms with E-state index in [1.807, 2.05) is 20.8 Å². The zero-order chi connectivity index (χ0) is 15.9. The minimum absolute atomic E-state index is 0.0198. The largest absolute Gasteiger partial charge is 0.396 e. The second-order valence-electron chi connectivity index (χ2n) is 4.93. The van der Waals surface area contributed by atoms with E-state index in [2.05, 4.69) is 20.6 Å². The number of nitrogens with one attached hydrogen (secondary N) is 2. The number of hydrogen-bond donors (Lipinski definition) is 3. The van der Waals surface area contributed by atoms with E-state index < -0.39 is 4.92 Å². The molecular weight excluding hydrogens is 274 g/mol. The summed E-state index contributed by atoms with van der Waals surface area (Å²) in [5.41, 5.74) is -0.479. The van der Waals surface area contributed by atoms with Gasteiger partial charge in [-0.1, -0.05) is 13.8 Å². The van der Waals surface area contributed by atoms with Crippen LogP contribution in [0.15, 0.2) is 6.20 Å². The van der Waals surface area contributed by atoms with Gasteiger partial charge in [0.15, 0.2) is 0 Å². The quantitative estimate of drug-likeness (QED) is 0.472. The average molecular weight is 297 g/mol. The lowest BCUT2D eigenvalue weighted by Crippen LogP contribution is -2.32. The monoisotopic (exact) mass is 297 g/mol. The Morgan fingerprint density at radius 3 is 2.48 bits per heavy atom. The van der Waals surface area contributed by atoms with E-state index in [0.717, 1.165) is 12.8 Å². The molecule has 1 heterocycles. The van der Waals surface area contributed by atoms with E-state index in [1.54, 1.807) is 0 Å². The smallest absolute Gasteiger partial charge is 0.329 e. The van der Waals surface area contributed by atoms with Crippen LogP contribution in [0.4, 0.5) is 17.5 Å². The van der Waals surface area contributed by atoms with Gasteiger partial charge < -0.3 is 15.7 Å². The summed E-state index contributed by atoms with van der Waals surface area (Å²) in [4.78, 5) is 18.6. The van der Waals surface area contributed by atoms with Crippen LogP contribution in [0.1, 0.15) is 33.6 Å². The predicted octanol–water partition coefficient (Wildman–Crippen LogP) is 2.03. The van der Waals surface area contributed by atoms with Gasteiger partial charge >= 0.3 is 5.69 Å². The molecule has 1 aromatic heterocycles. The van der Waals surface area contributed by atoms with Crippen molar-refractivity contribution in [2.75, 3.05) is 30.3 Å². The molecule has 0 amide bonds. The van der Waals surface area contributed by atoms with Crippen molar-refractivity contribution in [2.45, 2.75) is 33.6 Å². The third-order valence-electron chi connectivity index (χ3n) is 3.77. The summed E-state index contributed by atoms with van der Waals surface area (Å²) in [6.45, 7) is 6.93. The molecule has 118 valence electrons. The van der Waals surface area contributed by atoms with Gasteiger partial charge in [-0.05, 0) is 19.8 Å². The molecule has 3 N–H and O–H groups in total. The van der Waals surface area contributed by atoms with Crippen molar-refractivity contribution in [3.8, 4) is 0 Å². The molecule has 0 unspecified atom stereocenters. The fourth-order valence-electron chi connectivity index (χ4n) is 1.93. The number of aliphatic hydroxyl groups excluding tert-OH is 1. The highest BCUT2D eigenvalue weighted by Crippen LogP contribution is 2.28. The molecule has 0 bridgehead atoms. The molecule has 0 radical (unpaired) electrons. The van der Waals surface area contributed by atoms with Crippen LogP contribution in [0.3, 0.4) is 0 Å². The second-order valence-corrected chi connectivity index (χ2v) is 4.93. The van der Waals surface area contributed by atoms with E-state index in [1.165, 1.54) is 6.20 Å². The van der Waals surface area contributed by atoms with Gasteiger partial charge in [0.25, 0.3) is 0 Å². The first-order valence-corrected chi connectivity index (χ1v) is 7.12. The predicted molar refractivity (Wildman–Crippen MR) is 81.4 cm³/mol. The lowest BCUT2D eigenvalue weighted by atomic mass is 9.83. The van der Waals surface area contributed by atoms with E-state index in [4.69, 9.17) is 0 Å². The summed E-state index contributed by atoms with van der Waals surface area (Å²) < 4.78 is 0. The summed E-state index contributed by atoms with van der Waals surface area (Å²) in [7, 11) is 0. The molecular formula is C13H23N5O3. The zero-order valence-corrected chi connectivity index (χ0v) is 12.7. The van der Waals surface area contributed by atoms with Crippen LogP contribution in [0.2, 0.25) is 0 Å². The molecule has 0 saturated carbocycles. The normalized spacial score (nSPS) is 11.2. The van der Waals surface area contributed by atoms with Crippen molar-refractivity contribution in [2.24, 2.45) is 5.41 Å². The molecule has 21 heavy (non-hydrogen) atoms. The number of nitrogens with zero attached hydrogens (tertiary/aromatic N) is 3. The van der Waals surface area contributed by atoms with E-state index in [0.29, 0.717) is 19.0 Å². The average Bonchev–Trinajstić information content (AvgIpc) is 2.49. The van der Waals surface area contributed by atoms with Crippen molar-refractivity contribution in [3.05, 3.63) is 16.3 Å². The molecule has 0 atom stereocenters. The standard InChI is InChI=1S/C13H23N5O3/c1-4-13(5-2,9-19)8-16-11-10(18(20)21)7-15-12(17-11)14-6-3/h7,19H,4-6,8-9H2,1-3H3,(H2,14,15,16,17). The van der Waals surface area contributed by atoms with Crippen LogP contribution < -0.4 is 10.6 Å². The number of hydrogen-bond acceptors (Lipinski definition) is 7. The maximum absolute atomic E-state index is 11.0. The number of rotatable bonds is 9. The van der Waals surface area contributed by atoms with Gasteiger partial charge in [-0.3, -0.25) is 10.1 Å². The summed E-state index contributed by atoms with van der Waals surface area (Å²) >= 11 is 0. The molecule has 1 rings (SSSR count). The van der Waals surface area contributed by atoms with Crippen LogP contribution in [0.25, 0.3) is 0 Å². The summed E-state index contributed by atoms with van der Waals surface area (Å²) in [6, 6.07) is 0. The van der Waals surface area contributed by atoms with E-state index in [-0.39, 0.29) is 23.5 Å². The number of aliphatic hydroxyl groups is 1. The fraction of sp³-hybridized carbons (Fsp3) is 0.692. The summed E-state index contributed by atoms with van der Waals surface area (Å²) in [5.74, 6) is 0.513. The molecule has 8 heteroatoms. The Morgan fingerprint density at radius 2 is 2.00 bits per heavy atom. The third-order valence-corrected chi connectivity index (χ3v) is 3.77. The zero-order valence-electron chi connectivity index (χ0n) is 12.7. The molecule has 0 fully saturated rings. The van der Waals surface area contributed by atoms with Gasteiger partial charge in [-0.15, -0.1) is 0 Å². The van der Waals surface area contributed by atoms with Crippen molar-refractivity contribution in [3.63, 3.8) is 0 Å². The van der Waals surface area contributed by atoms with Crippen LogP contribution in [-0.2, 0) is 0 Å². The molecule has 1 aromatic rings. The number of anilines is 2. The molecule has 0 aromatic carbocycles. The highest BCUT2D eigenvalue weighted by Gasteiger charge is 2.27. The maximum atomic E-state index is 11.0. The highest BCUT2D eigenvalue weighted by molar-refractivity contribution is 5.57. The molecule has 0 aliphatic rings. The lowest BCUT2D eigenvalue weighted by Gasteiger charge is -2.29. The van der Waals surface area contributed by atoms with Crippen LogP contribution in [-0.4, -0.2) is 39.7 Å². The Kier molecular flexibility index (Phi) is 6.29. The molecule has 0 saturated heterocycles. The van der Waals surface area contributed by atoms with E-state index >= 15 is 0 Å². The summed E-state index contributed by atoms with van der Waals surface area (Å²) in [5, 5.41) is 26.5. The first-order valence-electron chi connectivity index (χ1n) is 7.12. The van der Waals surface area contributed by atoms with Gasteiger partial charge in [0, 0.05) is 18.5 Å². The highest BCUT2D eigenvalue weighted by atomic mass is 16.6. The minimum atomic E-state index is -0.517. The lowest BCUT2D eigenvalue weighted by molar-refractivity contribution is -0.384. The van der Waals surface area contributed by atoms with Gasteiger partial charge in [-0.25, -0.2) is 4.98 Å². The first kappa shape index (κ1) is 17.1. The number of nitro groups is 1. The summed E-state index contributed by atoms with van der Waals surface area (Å²) in [6.07, 6.45) is 2.73. The van der Waals surface area contributed by atoms with Crippen molar-refractivity contribution >= 4 is 17.5 Å². The van der Waals surface area contributed by atoms with Crippen molar-refractivity contribution in [1.29, 1.82) is 0 Å². The molecule has 8 nitrogen and oxygen atoms in total. The van der Waals surface area contributed by atoms with Gasteiger partial charge in [0.05, 0.1) is 11.5 Å². The van der Waals surface area contributed by atoms with Gasteiger partial charge in [0.1, 0.15) is 6.20 Å². The first-order chi connectivity index (χ1) is 10.0. The Labute approximate surface area is 124 Å². The van der Waals surface area contributed by atoms with Crippen LogP contribution >= 0.6 is 0 Å². The van der Waals surface area contributed by atoms with Gasteiger partial charge in [0.2, 0.25) is 11.8 Å². The SMILES string of the molecule is CCNc1ncc([N+](=O)[O-])c(NCC(CC)(CC)CO)n1. The third kappa shape index (κ3) is 4.25. The Balaban J connectivity index is 2.98. The van der Waals surface area contributed by atoms with Crippen LogP contribution in [0.5, 0.6) is 0 Å². The van der Waals surface area contributed by atoms with Crippen LogP contribution in [0, 0.1) is 15.5 Å². The van der Waals surface area contributed by atoms with Gasteiger partial charge in [-0.2, -0.15) is 4.98 Å². The van der Waals surface area contributed by atoms with E-state index in [9.17, 15) is 15.2 Å². The topological polar surface area (TPSA) is 113 Å². The fourth-order valence-corrected chi connectivity index (χ4v) is 1.93. The molecule has 0 spiro atoms. The second kappa shape index (κ2) is 7.72. The molecule has 0 aliphatic heterocycles. The molecule has 0 aliphatic carbocycles. The maximum Gasteiger partial charge on any atom is 0.329 e. The number of aromatic nitrogens is 2. The van der Waals surface area contributed by atoms with Crippen molar-refractivity contribution < 1.29 is 10.0 Å². The Bertz CT molecular complexity index is 469. The minimum Gasteiger partial charge on any atom is -0.396 e. The Hall–Kier alpha value is -1.96. The Morgan fingerprint density at radius 1 is 1.33 bits per heavy atom.